The van der Waals surface area contributed by atoms with Gasteiger partial charge >= 0.3 is 6.18 Å². The van der Waals surface area contributed by atoms with Crippen LogP contribution >= 0.6 is 11.6 Å². The molecule has 2 heterocycles. The number of hydrogen-bond donors (Lipinski definition) is 1. The minimum atomic E-state index is -4.98. The molecular weight excluding hydrogens is 552 g/mol. The van der Waals surface area contributed by atoms with Gasteiger partial charge in [0.15, 0.2) is 9.84 Å². The predicted octanol–water partition coefficient (Wildman–Crippen LogP) is 4.05. The third kappa shape index (κ3) is 5.04. The van der Waals surface area contributed by atoms with Gasteiger partial charge < -0.3 is 9.64 Å². The highest BCUT2D eigenvalue weighted by Gasteiger charge is 2.58. The van der Waals surface area contributed by atoms with Crippen molar-refractivity contribution in [3.63, 3.8) is 0 Å². The second kappa shape index (κ2) is 9.74. The lowest BCUT2D eigenvalue weighted by Crippen LogP contribution is -2.65. The van der Waals surface area contributed by atoms with Gasteiger partial charge in [0, 0.05) is 12.7 Å². The van der Waals surface area contributed by atoms with Crippen molar-refractivity contribution in [2.45, 2.75) is 43.6 Å². The molecule has 7 nitrogen and oxygen atoms in total. The van der Waals surface area contributed by atoms with Gasteiger partial charge in [-0.3, -0.25) is 9.63 Å². The number of amides is 1. The molecule has 0 saturated carbocycles. The number of nitrogens with zero attached hydrogens (tertiary/aromatic N) is 1. The zero-order chi connectivity index (χ0) is 28.3. The second-order valence-electron chi connectivity index (χ2n) is 10.1. The van der Waals surface area contributed by atoms with Crippen LogP contribution in [0.5, 0.6) is 0 Å². The number of hydrogen-bond acceptors (Lipinski definition) is 6. The molecule has 1 aromatic carbocycles. The second-order valence-corrected chi connectivity index (χ2v) is 12.6. The topological polar surface area (TPSA) is 98.9 Å². The summed E-state index contributed by atoms with van der Waals surface area (Å²) in [6.45, 7) is 5.81. The summed E-state index contributed by atoms with van der Waals surface area (Å²) in [6, 6.07) is 1.86. The molecule has 38 heavy (non-hydrogen) atoms. The maximum Gasteiger partial charge on any atom is 0.424 e. The van der Waals surface area contributed by atoms with Crippen molar-refractivity contribution in [2.24, 2.45) is 5.90 Å². The molecule has 1 amide bonds. The number of allylic oxidation sites excluding steroid dienone is 1. The van der Waals surface area contributed by atoms with Crippen LogP contribution < -0.4 is 5.90 Å². The highest BCUT2D eigenvalue weighted by atomic mass is 35.5. The summed E-state index contributed by atoms with van der Waals surface area (Å²) in [5, 5.41) is -0.485. The molecule has 1 saturated heterocycles. The Balaban J connectivity index is 1.57. The fraction of sp³-hybridized carbons (Fsp3) is 0.480. The van der Waals surface area contributed by atoms with E-state index in [1.807, 2.05) is 0 Å². The van der Waals surface area contributed by atoms with Gasteiger partial charge in [0.1, 0.15) is 17.2 Å². The number of fused-ring (bicyclic) bond motifs is 1. The van der Waals surface area contributed by atoms with Gasteiger partial charge in [-0.05, 0) is 65.3 Å². The number of carbonyl (C=O) groups is 1. The van der Waals surface area contributed by atoms with E-state index in [9.17, 15) is 30.8 Å². The lowest BCUT2D eigenvalue weighted by Gasteiger charge is -2.49. The van der Waals surface area contributed by atoms with Crippen LogP contribution in [0.3, 0.4) is 0 Å². The van der Waals surface area contributed by atoms with E-state index >= 15 is 0 Å². The van der Waals surface area contributed by atoms with Crippen molar-refractivity contribution < 1.29 is 40.3 Å². The first-order chi connectivity index (χ1) is 17.5. The third-order valence-electron chi connectivity index (χ3n) is 7.32. The van der Waals surface area contributed by atoms with Gasteiger partial charge in [0.05, 0.1) is 24.7 Å². The van der Waals surface area contributed by atoms with Crippen LogP contribution in [0.4, 0.5) is 17.6 Å². The van der Waals surface area contributed by atoms with E-state index in [2.05, 4.69) is 11.4 Å². The fourth-order valence-electron chi connectivity index (χ4n) is 5.28. The highest BCUT2D eigenvalue weighted by Crippen LogP contribution is 2.50. The largest absolute Gasteiger partial charge is 0.424 e. The number of sulfone groups is 1. The van der Waals surface area contributed by atoms with Crippen LogP contribution in [0, 0.1) is 12.7 Å². The van der Waals surface area contributed by atoms with Crippen LogP contribution in [0.2, 0.25) is 5.02 Å². The average molecular weight is 579 g/mol. The van der Waals surface area contributed by atoms with E-state index in [1.54, 1.807) is 6.08 Å². The molecule has 1 aromatic rings. The zero-order valence-corrected chi connectivity index (χ0v) is 22.3. The molecule has 3 aliphatic rings. The number of likely N-dealkylation sites (tertiary alicyclic amines) is 1. The van der Waals surface area contributed by atoms with E-state index in [-0.39, 0.29) is 30.8 Å². The van der Waals surface area contributed by atoms with Gasteiger partial charge in [0.25, 0.3) is 0 Å². The van der Waals surface area contributed by atoms with Crippen LogP contribution in [-0.4, -0.2) is 62.7 Å². The smallest absolute Gasteiger partial charge is 0.362 e. The number of ether oxygens (including phenoxy) is 1. The maximum absolute atomic E-state index is 14.4. The Hall–Kier alpha value is -2.25. The first kappa shape index (κ1) is 28.8. The van der Waals surface area contributed by atoms with Crippen molar-refractivity contribution in [1.82, 2.24) is 4.90 Å². The molecule has 4 rings (SSSR count). The molecule has 1 atom stereocenters. The number of nitrogens with two attached hydrogens (primary N) is 1. The van der Waals surface area contributed by atoms with Gasteiger partial charge in [0.2, 0.25) is 11.5 Å². The maximum atomic E-state index is 14.4. The number of benzene rings is 1. The molecule has 2 N–H and O–H groups in total. The Labute approximate surface area is 222 Å². The van der Waals surface area contributed by atoms with Gasteiger partial charge in [-0.15, -0.1) is 0 Å². The number of carbonyl (C=O) groups excluding carboxylic acids is 1. The van der Waals surface area contributed by atoms with Crippen molar-refractivity contribution in [2.75, 3.05) is 31.7 Å². The molecule has 1 fully saturated rings. The molecule has 1 spiro atoms. The van der Waals surface area contributed by atoms with E-state index < -0.39 is 61.7 Å². The first-order valence-electron chi connectivity index (χ1n) is 11.6. The standard InChI is InChI=1S/C25H27ClF4N2O5S/c1-14-6-18(8-20(26)22(14)27)24(37-31,25(28,29)30)9-15(2)16-4-5-19-17(7-16)10-36-23(19)12-32(13-23)21(33)11-38(3,34)35/h6-8H,2,4-5,9-13,31H2,1,3H3. The summed E-state index contributed by atoms with van der Waals surface area (Å²) >= 11 is 5.84. The minimum Gasteiger partial charge on any atom is -0.362 e. The lowest BCUT2D eigenvalue weighted by atomic mass is 9.76. The van der Waals surface area contributed by atoms with Crippen molar-refractivity contribution >= 4 is 27.3 Å². The minimum absolute atomic E-state index is 0.0894. The Morgan fingerprint density at radius 1 is 1.29 bits per heavy atom. The predicted molar refractivity (Wildman–Crippen MR) is 132 cm³/mol. The molecule has 13 heteroatoms. The molecule has 0 aromatic heterocycles. The highest BCUT2D eigenvalue weighted by molar-refractivity contribution is 7.91. The summed E-state index contributed by atoms with van der Waals surface area (Å²) in [7, 11) is -3.46. The normalized spacial score (nSPS) is 20.6. The van der Waals surface area contributed by atoms with Crippen molar-refractivity contribution in [3.05, 3.63) is 69.0 Å². The fourth-order valence-corrected chi connectivity index (χ4v) is 6.18. The Bertz CT molecular complexity index is 1340. The average Bonchev–Trinajstić information content (AvgIpc) is 3.16. The number of aryl methyl sites for hydroxylation is 1. The summed E-state index contributed by atoms with van der Waals surface area (Å²) in [4.78, 5) is 18.2. The summed E-state index contributed by atoms with van der Waals surface area (Å²) in [5.41, 5.74) is -1.83. The Morgan fingerprint density at radius 2 is 1.95 bits per heavy atom. The molecule has 1 unspecified atom stereocenters. The molecule has 2 aliphatic heterocycles. The van der Waals surface area contributed by atoms with Crippen molar-refractivity contribution in [1.29, 1.82) is 0 Å². The van der Waals surface area contributed by atoms with Crippen LogP contribution in [0.15, 0.2) is 47.1 Å². The summed E-state index contributed by atoms with van der Waals surface area (Å²) < 4.78 is 86.2. The molecular formula is C25H27ClF4N2O5S. The Morgan fingerprint density at radius 3 is 2.50 bits per heavy atom. The van der Waals surface area contributed by atoms with Crippen LogP contribution in [0.1, 0.15) is 30.4 Å². The number of alkyl halides is 3. The monoisotopic (exact) mass is 578 g/mol. The molecule has 208 valence electrons. The zero-order valence-electron chi connectivity index (χ0n) is 20.8. The first-order valence-corrected chi connectivity index (χ1v) is 14.1. The summed E-state index contributed by atoms with van der Waals surface area (Å²) in [6.07, 6.45) is -2.17. The number of rotatable bonds is 7. The van der Waals surface area contributed by atoms with E-state index in [0.717, 1.165) is 29.5 Å². The van der Waals surface area contributed by atoms with Gasteiger partial charge in [-0.1, -0.05) is 24.3 Å². The van der Waals surface area contributed by atoms with Crippen molar-refractivity contribution in [3.8, 4) is 0 Å². The van der Waals surface area contributed by atoms with E-state index in [4.69, 9.17) is 22.2 Å². The van der Waals surface area contributed by atoms with E-state index in [0.29, 0.717) is 18.4 Å². The molecule has 0 bridgehead atoms. The third-order valence-corrected chi connectivity index (χ3v) is 8.36. The van der Waals surface area contributed by atoms with Gasteiger partial charge in [-0.25, -0.2) is 18.7 Å². The van der Waals surface area contributed by atoms with Gasteiger partial charge in [-0.2, -0.15) is 13.2 Å². The molecule has 0 radical (unpaired) electrons. The Kier molecular flexibility index (Phi) is 7.37. The summed E-state index contributed by atoms with van der Waals surface area (Å²) in [5.74, 6) is 3.33. The van der Waals surface area contributed by atoms with E-state index in [1.165, 1.54) is 11.8 Å². The lowest BCUT2D eigenvalue weighted by molar-refractivity contribution is -0.287. The SMILES string of the molecule is C=C(CC(ON)(c1cc(C)c(F)c(Cl)c1)C(F)(F)F)C1=CC2=C(CC1)C1(CN(C(=O)CS(C)(=O)=O)C1)OC2. The molecule has 1 aliphatic carbocycles. The van der Waals surface area contributed by atoms with Crippen LogP contribution in [-0.2, 0) is 29.8 Å². The quantitative estimate of drug-likeness (QED) is 0.387. The number of halogens is 5. The van der Waals surface area contributed by atoms with Crippen LogP contribution in [0.25, 0.3) is 0 Å².